The van der Waals surface area contributed by atoms with Crippen molar-refractivity contribution in [2.45, 2.75) is 6.54 Å². The summed E-state index contributed by atoms with van der Waals surface area (Å²) in [5.41, 5.74) is 2.45. The van der Waals surface area contributed by atoms with E-state index >= 15 is 0 Å². The highest BCUT2D eigenvalue weighted by Gasteiger charge is 2.22. The van der Waals surface area contributed by atoms with Gasteiger partial charge in [-0.05, 0) is 6.07 Å². The van der Waals surface area contributed by atoms with Crippen LogP contribution in [-0.4, -0.2) is 81.0 Å². The number of morpholine rings is 1. The highest BCUT2D eigenvalue weighted by molar-refractivity contribution is 7.19. The SMILES string of the molecule is CN(Cc1cc2nc(-c3cncc4[nH]ncc34)nc(N3CCOCC3)c2s1)C(=O)CO. The molecule has 1 aliphatic rings. The monoisotopic (exact) mass is 439 g/mol. The van der Waals surface area contributed by atoms with Gasteiger partial charge in [-0.2, -0.15) is 5.10 Å². The second-order valence-corrected chi connectivity index (χ2v) is 8.46. The van der Waals surface area contributed by atoms with Crippen molar-refractivity contribution >= 4 is 44.2 Å². The molecule has 0 radical (unpaired) electrons. The number of carbonyl (C=O) groups excluding carboxylic acids is 1. The van der Waals surface area contributed by atoms with Crippen LogP contribution < -0.4 is 4.90 Å². The fraction of sp³-hybridized carbons (Fsp3) is 0.350. The molecule has 2 N–H and O–H groups in total. The number of nitrogens with zero attached hydrogens (tertiary/aromatic N) is 6. The average molecular weight is 440 g/mol. The first-order valence-corrected chi connectivity index (χ1v) is 10.7. The lowest BCUT2D eigenvalue weighted by molar-refractivity contribution is -0.133. The third-order valence-corrected chi connectivity index (χ3v) is 6.38. The number of aromatic amines is 1. The van der Waals surface area contributed by atoms with Gasteiger partial charge in [0.2, 0.25) is 5.91 Å². The van der Waals surface area contributed by atoms with Gasteiger partial charge in [-0.25, -0.2) is 9.97 Å². The van der Waals surface area contributed by atoms with Crippen molar-refractivity contribution < 1.29 is 14.6 Å². The van der Waals surface area contributed by atoms with Gasteiger partial charge < -0.3 is 19.6 Å². The number of H-pyrrole nitrogens is 1. The molecule has 1 aliphatic heterocycles. The molecule has 0 saturated carbocycles. The lowest BCUT2D eigenvalue weighted by Crippen LogP contribution is -2.36. The van der Waals surface area contributed by atoms with Gasteiger partial charge in [0.05, 0.1) is 47.9 Å². The number of anilines is 1. The molecule has 4 aromatic rings. The first-order valence-electron chi connectivity index (χ1n) is 9.89. The second kappa shape index (κ2) is 8.17. The zero-order chi connectivity index (χ0) is 21.4. The Hall–Kier alpha value is -3.15. The number of ether oxygens (including phenoxy) is 1. The summed E-state index contributed by atoms with van der Waals surface area (Å²) in [7, 11) is 1.67. The third kappa shape index (κ3) is 3.71. The van der Waals surface area contributed by atoms with Crippen LogP contribution >= 0.6 is 11.3 Å². The number of rotatable bonds is 5. The highest BCUT2D eigenvalue weighted by atomic mass is 32.1. The highest BCUT2D eigenvalue weighted by Crippen LogP contribution is 2.36. The Balaban J connectivity index is 1.63. The quantitative estimate of drug-likeness (QED) is 0.479. The standard InChI is InChI=1S/C20H21N7O3S/c1-26(17(29)11-28)10-12-6-15-18(31-12)20(27-2-4-30-5-3-27)24-19(23-15)14-7-21-9-16-13(14)8-22-25-16/h6-9,28H,2-5,10-11H2,1H3,(H,22,25). The molecule has 10 nitrogen and oxygen atoms in total. The van der Waals surface area contributed by atoms with E-state index in [0.29, 0.717) is 25.6 Å². The van der Waals surface area contributed by atoms with E-state index in [-0.39, 0.29) is 5.91 Å². The minimum Gasteiger partial charge on any atom is -0.387 e. The van der Waals surface area contributed by atoms with Crippen molar-refractivity contribution in [2.75, 3.05) is 44.9 Å². The summed E-state index contributed by atoms with van der Waals surface area (Å²) in [5.74, 6) is 1.11. The second-order valence-electron chi connectivity index (χ2n) is 7.32. The minimum absolute atomic E-state index is 0.324. The lowest BCUT2D eigenvalue weighted by atomic mass is 10.2. The fourth-order valence-corrected chi connectivity index (χ4v) is 4.80. The van der Waals surface area contributed by atoms with Crippen molar-refractivity contribution in [1.82, 2.24) is 30.0 Å². The number of hydrogen-bond donors (Lipinski definition) is 2. The van der Waals surface area contributed by atoms with Gasteiger partial charge in [0.25, 0.3) is 0 Å². The summed E-state index contributed by atoms with van der Waals surface area (Å²) in [5, 5.41) is 17.1. The van der Waals surface area contributed by atoms with E-state index in [2.05, 4.69) is 20.1 Å². The Labute approximate surface area is 181 Å². The number of aliphatic hydroxyl groups excluding tert-OH is 1. The summed E-state index contributed by atoms with van der Waals surface area (Å²) in [6, 6.07) is 1.99. The maximum Gasteiger partial charge on any atom is 0.248 e. The molecule has 1 saturated heterocycles. The van der Waals surface area contributed by atoms with E-state index in [1.54, 1.807) is 37.0 Å². The third-order valence-electron chi connectivity index (χ3n) is 5.28. The number of hydrogen-bond acceptors (Lipinski definition) is 9. The molecule has 31 heavy (non-hydrogen) atoms. The largest absolute Gasteiger partial charge is 0.387 e. The van der Waals surface area contributed by atoms with Crippen molar-refractivity contribution in [3.05, 3.63) is 29.5 Å². The van der Waals surface area contributed by atoms with Gasteiger partial charge in [-0.1, -0.05) is 0 Å². The summed E-state index contributed by atoms with van der Waals surface area (Å²) < 4.78 is 6.49. The van der Waals surface area contributed by atoms with Gasteiger partial charge in [0.15, 0.2) is 11.6 Å². The summed E-state index contributed by atoms with van der Waals surface area (Å²) in [6.45, 7) is 2.67. The maximum absolute atomic E-state index is 11.8. The zero-order valence-electron chi connectivity index (χ0n) is 16.9. The molecule has 4 aromatic heterocycles. The number of amides is 1. The van der Waals surface area contributed by atoms with Crippen LogP contribution in [0.1, 0.15) is 4.88 Å². The summed E-state index contributed by atoms with van der Waals surface area (Å²) in [6.07, 6.45) is 5.23. The van der Waals surface area contributed by atoms with E-state index in [1.807, 2.05) is 6.07 Å². The normalized spacial score (nSPS) is 14.5. The smallest absolute Gasteiger partial charge is 0.248 e. The minimum atomic E-state index is -0.508. The number of fused-ring (bicyclic) bond motifs is 2. The van der Waals surface area contributed by atoms with Crippen LogP contribution in [0.4, 0.5) is 5.82 Å². The van der Waals surface area contributed by atoms with E-state index in [4.69, 9.17) is 19.8 Å². The molecule has 160 valence electrons. The molecule has 0 unspecified atom stereocenters. The van der Waals surface area contributed by atoms with E-state index < -0.39 is 6.61 Å². The van der Waals surface area contributed by atoms with Crippen molar-refractivity contribution in [2.24, 2.45) is 0 Å². The number of carbonyl (C=O) groups is 1. The lowest BCUT2D eigenvalue weighted by Gasteiger charge is -2.28. The van der Waals surface area contributed by atoms with Crippen LogP contribution in [0.15, 0.2) is 24.7 Å². The Morgan fingerprint density at radius 3 is 2.94 bits per heavy atom. The molecule has 0 spiro atoms. The van der Waals surface area contributed by atoms with Gasteiger partial charge in [0, 0.05) is 42.2 Å². The Kier molecular flexibility index (Phi) is 5.22. The molecule has 5 heterocycles. The van der Waals surface area contributed by atoms with Crippen molar-refractivity contribution in [3.8, 4) is 11.4 Å². The van der Waals surface area contributed by atoms with Gasteiger partial charge >= 0.3 is 0 Å². The summed E-state index contributed by atoms with van der Waals surface area (Å²) >= 11 is 1.57. The number of thiophene rings is 1. The molecular weight excluding hydrogens is 418 g/mol. The molecule has 1 amide bonds. The zero-order valence-corrected chi connectivity index (χ0v) is 17.7. The number of pyridine rings is 1. The molecule has 0 aliphatic carbocycles. The van der Waals surface area contributed by atoms with Gasteiger partial charge in [0.1, 0.15) is 6.61 Å². The van der Waals surface area contributed by atoms with Crippen molar-refractivity contribution in [1.29, 1.82) is 0 Å². The number of likely N-dealkylation sites (N-methyl/N-ethyl adjacent to an activating group) is 1. The summed E-state index contributed by atoms with van der Waals surface area (Å²) in [4.78, 5) is 30.6. The Morgan fingerprint density at radius 1 is 1.29 bits per heavy atom. The van der Waals surface area contributed by atoms with Crippen LogP contribution in [0.5, 0.6) is 0 Å². The van der Waals surface area contributed by atoms with Crippen LogP contribution in [0.2, 0.25) is 0 Å². The molecule has 0 atom stereocenters. The van der Waals surface area contributed by atoms with Crippen LogP contribution in [0.25, 0.3) is 32.5 Å². The maximum atomic E-state index is 11.8. The van der Waals surface area contributed by atoms with Crippen molar-refractivity contribution in [3.63, 3.8) is 0 Å². The van der Waals surface area contributed by atoms with Crippen LogP contribution in [-0.2, 0) is 16.1 Å². The number of aliphatic hydroxyl groups is 1. The molecule has 1 fully saturated rings. The van der Waals surface area contributed by atoms with Gasteiger partial charge in [-0.3, -0.25) is 14.9 Å². The number of aromatic nitrogens is 5. The average Bonchev–Trinajstić information content (AvgIpc) is 3.44. The van der Waals surface area contributed by atoms with E-state index in [1.165, 1.54) is 4.90 Å². The number of nitrogens with one attached hydrogen (secondary N) is 1. The van der Waals surface area contributed by atoms with E-state index in [0.717, 1.165) is 50.5 Å². The Morgan fingerprint density at radius 2 is 2.13 bits per heavy atom. The predicted octanol–water partition coefficient (Wildman–Crippen LogP) is 1.42. The fourth-order valence-electron chi connectivity index (χ4n) is 3.64. The van der Waals surface area contributed by atoms with Gasteiger partial charge in [-0.15, -0.1) is 11.3 Å². The van der Waals surface area contributed by atoms with Crippen LogP contribution in [0, 0.1) is 0 Å². The molecule has 11 heteroatoms. The first kappa shape index (κ1) is 19.8. The Bertz CT molecular complexity index is 1250. The molecular formula is C20H21N7O3S. The molecule has 0 bridgehead atoms. The van der Waals surface area contributed by atoms with E-state index in [9.17, 15) is 4.79 Å². The molecule has 0 aromatic carbocycles. The van der Waals surface area contributed by atoms with Crippen LogP contribution in [0.3, 0.4) is 0 Å². The first-order chi connectivity index (χ1) is 15.1. The molecule has 5 rings (SSSR count). The topological polar surface area (TPSA) is 120 Å². The predicted molar refractivity (Wildman–Crippen MR) is 117 cm³/mol.